The minimum Gasteiger partial charge on any atom is -0.385 e. The van der Waals surface area contributed by atoms with Crippen LogP contribution in [0.4, 0.5) is 5.69 Å². The van der Waals surface area contributed by atoms with Gasteiger partial charge in [-0.05, 0) is 38.1 Å². The molecule has 0 aliphatic carbocycles. The predicted molar refractivity (Wildman–Crippen MR) is 79.9 cm³/mol. The SMILES string of the molecule is CC(C)(N)CCCNc1cccc2ccccc12. The van der Waals surface area contributed by atoms with Gasteiger partial charge in [-0.1, -0.05) is 36.4 Å². The van der Waals surface area contributed by atoms with Crippen LogP contribution in [0.2, 0.25) is 0 Å². The smallest absolute Gasteiger partial charge is 0.0419 e. The molecule has 0 saturated heterocycles. The monoisotopic (exact) mass is 242 g/mol. The summed E-state index contributed by atoms with van der Waals surface area (Å²) < 4.78 is 0. The van der Waals surface area contributed by atoms with Crippen molar-refractivity contribution in [2.24, 2.45) is 5.73 Å². The van der Waals surface area contributed by atoms with E-state index in [0.29, 0.717) is 0 Å². The highest BCUT2D eigenvalue weighted by molar-refractivity contribution is 5.93. The Morgan fingerprint density at radius 2 is 1.78 bits per heavy atom. The van der Waals surface area contributed by atoms with Gasteiger partial charge in [-0.2, -0.15) is 0 Å². The van der Waals surface area contributed by atoms with E-state index < -0.39 is 0 Å². The van der Waals surface area contributed by atoms with Crippen LogP contribution in [-0.2, 0) is 0 Å². The predicted octanol–water partition coefficient (Wildman–Crippen LogP) is 3.77. The van der Waals surface area contributed by atoms with Gasteiger partial charge in [-0.3, -0.25) is 0 Å². The van der Waals surface area contributed by atoms with E-state index in [1.807, 2.05) is 0 Å². The number of fused-ring (bicyclic) bond motifs is 1. The normalized spacial score (nSPS) is 11.7. The van der Waals surface area contributed by atoms with Gasteiger partial charge in [-0.25, -0.2) is 0 Å². The molecule has 0 amide bonds. The maximum Gasteiger partial charge on any atom is 0.0419 e. The fourth-order valence-electron chi connectivity index (χ4n) is 2.15. The third-order valence-electron chi connectivity index (χ3n) is 3.10. The van der Waals surface area contributed by atoms with Crippen molar-refractivity contribution in [2.75, 3.05) is 11.9 Å². The molecular formula is C16H22N2. The number of hydrogen-bond acceptors (Lipinski definition) is 2. The highest BCUT2D eigenvalue weighted by Gasteiger charge is 2.09. The second-order valence-corrected chi connectivity index (χ2v) is 5.55. The van der Waals surface area contributed by atoms with Crippen LogP contribution in [0.3, 0.4) is 0 Å². The van der Waals surface area contributed by atoms with Crippen molar-refractivity contribution in [1.29, 1.82) is 0 Å². The van der Waals surface area contributed by atoms with Gasteiger partial charge in [-0.15, -0.1) is 0 Å². The molecule has 0 bridgehead atoms. The van der Waals surface area contributed by atoms with Gasteiger partial charge >= 0.3 is 0 Å². The minimum absolute atomic E-state index is 0.0690. The van der Waals surface area contributed by atoms with Crippen molar-refractivity contribution in [3.63, 3.8) is 0 Å². The van der Waals surface area contributed by atoms with Gasteiger partial charge in [0.25, 0.3) is 0 Å². The van der Waals surface area contributed by atoms with Gasteiger partial charge in [0, 0.05) is 23.2 Å². The van der Waals surface area contributed by atoms with Gasteiger partial charge < -0.3 is 11.1 Å². The van der Waals surface area contributed by atoms with Crippen molar-refractivity contribution in [3.8, 4) is 0 Å². The molecule has 18 heavy (non-hydrogen) atoms. The van der Waals surface area contributed by atoms with E-state index in [9.17, 15) is 0 Å². The van der Waals surface area contributed by atoms with Gasteiger partial charge in [0.2, 0.25) is 0 Å². The van der Waals surface area contributed by atoms with Gasteiger partial charge in [0.05, 0.1) is 0 Å². The molecule has 2 aromatic carbocycles. The van der Waals surface area contributed by atoms with Crippen LogP contribution in [-0.4, -0.2) is 12.1 Å². The maximum atomic E-state index is 5.98. The molecule has 3 N–H and O–H groups in total. The van der Waals surface area contributed by atoms with E-state index >= 15 is 0 Å². The third-order valence-corrected chi connectivity index (χ3v) is 3.10. The molecule has 2 nitrogen and oxygen atoms in total. The van der Waals surface area contributed by atoms with E-state index in [4.69, 9.17) is 5.73 Å². The molecule has 0 atom stereocenters. The molecule has 0 radical (unpaired) electrons. The minimum atomic E-state index is -0.0690. The Morgan fingerprint density at radius 1 is 1.06 bits per heavy atom. The van der Waals surface area contributed by atoms with Crippen LogP contribution in [0.25, 0.3) is 10.8 Å². The van der Waals surface area contributed by atoms with E-state index in [1.165, 1.54) is 16.5 Å². The molecule has 0 aromatic heterocycles. The average Bonchev–Trinajstić information content (AvgIpc) is 2.33. The largest absolute Gasteiger partial charge is 0.385 e. The lowest BCUT2D eigenvalue weighted by Gasteiger charge is -2.18. The first-order valence-electron chi connectivity index (χ1n) is 6.57. The molecule has 2 heteroatoms. The summed E-state index contributed by atoms with van der Waals surface area (Å²) in [5, 5.41) is 6.07. The number of anilines is 1. The lowest BCUT2D eigenvalue weighted by Crippen LogP contribution is -2.32. The molecule has 2 rings (SSSR count). The molecule has 2 aromatic rings. The summed E-state index contributed by atoms with van der Waals surface area (Å²) >= 11 is 0. The van der Waals surface area contributed by atoms with Crippen molar-refractivity contribution >= 4 is 16.5 Å². The number of rotatable bonds is 5. The van der Waals surface area contributed by atoms with Crippen LogP contribution in [0.1, 0.15) is 26.7 Å². The van der Waals surface area contributed by atoms with Crippen LogP contribution in [0, 0.1) is 0 Å². The van der Waals surface area contributed by atoms with Crippen molar-refractivity contribution in [2.45, 2.75) is 32.2 Å². The quantitative estimate of drug-likeness (QED) is 0.783. The first-order chi connectivity index (χ1) is 8.56. The molecular weight excluding hydrogens is 220 g/mol. The number of hydrogen-bond donors (Lipinski definition) is 2. The zero-order chi connectivity index (χ0) is 13.0. The summed E-state index contributed by atoms with van der Waals surface area (Å²) in [5.41, 5.74) is 7.12. The van der Waals surface area contributed by atoms with Gasteiger partial charge in [0.15, 0.2) is 0 Å². The number of nitrogens with two attached hydrogens (primary N) is 1. The number of nitrogens with one attached hydrogen (secondary N) is 1. The van der Waals surface area contributed by atoms with Gasteiger partial charge in [0.1, 0.15) is 0 Å². The van der Waals surface area contributed by atoms with E-state index in [1.54, 1.807) is 0 Å². The molecule has 0 heterocycles. The molecule has 0 fully saturated rings. The zero-order valence-electron chi connectivity index (χ0n) is 11.2. The van der Waals surface area contributed by atoms with Crippen molar-refractivity contribution in [1.82, 2.24) is 0 Å². The van der Waals surface area contributed by atoms with Crippen LogP contribution >= 0.6 is 0 Å². The molecule has 0 spiro atoms. The fraction of sp³-hybridized carbons (Fsp3) is 0.375. The lowest BCUT2D eigenvalue weighted by atomic mass is 10.0. The van der Waals surface area contributed by atoms with Crippen molar-refractivity contribution in [3.05, 3.63) is 42.5 Å². The van der Waals surface area contributed by atoms with Crippen molar-refractivity contribution < 1.29 is 0 Å². The maximum absolute atomic E-state index is 5.98. The Bertz CT molecular complexity index is 506. The first-order valence-corrected chi connectivity index (χ1v) is 6.57. The topological polar surface area (TPSA) is 38.0 Å². The molecule has 0 aliphatic rings. The van der Waals surface area contributed by atoms with E-state index in [0.717, 1.165) is 19.4 Å². The Kier molecular flexibility index (Phi) is 3.87. The molecule has 96 valence electrons. The Hall–Kier alpha value is -1.54. The Morgan fingerprint density at radius 3 is 2.56 bits per heavy atom. The van der Waals surface area contributed by atoms with E-state index in [-0.39, 0.29) is 5.54 Å². The summed E-state index contributed by atoms with van der Waals surface area (Å²) in [6.45, 7) is 5.12. The summed E-state index contributed by atoms with van der Waals surface area (Å²) in [4.78, 5) is 0. The second kappa shape index (κ2) is 5.40. The van der Waals surface area contributed by atoms with Crippen LogP contribution < -0.4 is 11.1 Å². The highest BCUT2D eigenvalue weighted by atomic mass is 14.9. The van der Waals surface area contributed by atoms with Crippen LogP contribution in [0.15, 0.2) is 42.5 Å². The summed E-state index contributed by atoms with van der Waals surface area (Å²) in [5.74, 6) is 0. The fourth-order valence-corrected chi connectivity index (χ4v) is 2.15. The summed E-state index contributed by atoms with van der Waals surface area (Å²) in [7, 11) is 0. The summed E-state index contributed by atoms with van der Waals surface area (Å²) in [6, 6.07) is 14.8. The Balaban J connectivity index is 2.00. The average molecular weight is 242 g/mol. The third kappa shape index (κ3) is 3.47. The highest BCUT2D eigenvalue weighted by Crippen LogP contribution is 2.23. The Labute approximate surface area is 109 Å². The standard InChI is InChI=1S/C16H22N2/c1-16(2,17)11-6-12-18-15-10-5-8-13-7-3-4-9-14(13)15/h3-5,7-10,18H,6,11-12,17H2,1-2H3. The van der Waals surface area contributed by atoms with E-state index in [2.05, 4.69) is 61.6 Å². The zero-order valence-corrected chi connectivity index (χ0v) is 11.2. The lowest BCUT2D eigenvalue weighted by molar-refractivity contribution is 0.465. The first kappa shape index (κ1) is 12.9. The second-order valence-electron chi connectivity index (χ2n) is 5.55. The molecule has 0 aliphatic heterocycles. The molecule has 0 unspecified atom stereocenters. The number of benzene rings is 2. The summed E-state index contributed by atoms with van der Waals surface area (Å²) in [6.07, 6.45) is 2.12. The molecule has 0 saturated carbocycles. The van der Waals surface area contributed by atoms with Crippen LogP contribution in [0.5, 0.6) is 0 Å².